The zero-order chi connectivity index (χ0) is 15.3. The van der Waals surface area contributed by atoms with Crippen LogP contribution in [0, 0.1) is 0 Å². The first-order valence-electron chi connectivity index (χ1n) is 5.49. The molecule has 0 saturated heterocycles. The molecule has 9 heteroatoms. The Labute approximate surface area is 108 Å². The highest BCUT2D eigenvalue weighted by atomic mass is 19.4. The van der Waals surface area contributed by atoms with Gasteiger partial charge >= 0.3 is 18.1 Å². The van der Waals surface area contributed by atoms with Gasteiger partial charge in [-0.1, -0.05) is 13.3 Å². The van der Waals surface area contributed by atoms with E-state index in [1.807, 2.05) is 0 Å². The molecule has 3 N–H and O–H groups in total. The summed E-state index contributed by atoms with van der Waals surface area (Å²) in [5, 5.41) is 7.12. The summed E-state index contributed by atoms with van der Waals surface area (Å²) in [6.45, 7) is 3.54. The second-order valence-electron chi connectivity index (χ2n) is 3.19. The van der Waals surface area contributed by atoms with Crippen molar-refractivity contribution in [2.24, 2.45) is 5.73 Å². The monoisotopic (exact) mass is 289 g/mol. The molecule has 6 nitrogen and oxygen atoms in total. The van der Waals surface area contributed by atoms with Crippen molar-refractivity contribution in [3.8, 4) is 0 Å². The summed E-state index contributed by atoms with van der Waals surface area (Å²) in [5.74, 6) is -3.14. The molecule has 0 rings (SSSR count). The average Bonchev–Trinajstić information content (AvgIpc) is 2.32. The number of aliphatic carboxylic acids is 1. The van der Waals surface area contributed by atoms with Gasteiger partial charge in [0.25, 0.3) is 0 Å². The van der Waals surface area contributed by atoms with Gasteiger partial charge in [0.2, 0.25) is 0 Å². The average molecular weight is 289 g/mol. The lowest BCUT2D eigenvalue weighted by Gasteiger charge is -2.03. The number of esters is 1. The number of carbonyl (C=O) groups is 2. The Morgan fingerprint density at radius 3 is 2.11 bits per heavy atom. The summed E-state index contributed by atoms with van der Waals surface area (Å²) in [5.41, 5.74) is 5.02. The minimum absolute atomic E-state index is 0.0606. The predicted octanol–water partition coefficient (Wildman–Crippen LogP) is 0.938. The number of carbonyl (C=O) groups excluding carboxylic acids is 1. The number of hydrogen-bond donors (Lipinski definition) is 2. The van der Waals surface area contributed by atoms with Crippen molar-refractivity contribution in [3.05, 3.63) is 0 Å². The third kappa shape index (κ3) is 16.6. The van der Waals surface area contributed by atoms with Crippen LogP contribution in [0.1, 0.15) is 19.8 Å². The van der Waals surface area contributed by atoms with Gasteiger partial charge in [0, 0.05) is 6.61 Å². The molecule has 0 aromatic carbocycles. The first kappa shape index (κ1) is 20.0. The van der Waals surface area contributed by atoms with Crippen LogP contribution in [0.25, 0.3) is 0 Å². The number of hydrogen-bond acceptors (Lipinski definition) is 5. The van der Waals surface area contributed by atoms with E-state index in [1.165, 1.54) is 0 Å². The van der Waals surface area contributed by atoms with Crippen LogP contribution in [0.2, 0.25) is 0 Å². The molecule has 0 aliphatic heterocycles. The molecule has 0 fully saturated rings. The smallest absolute Gasteiger partial charge is 0.475 e. The van der Waals surface area contributed by atoms with Gasteiger partial charge < -0.3 is 20.3 Å². The molecule has 0 aromatic rings. The Hall–Kier alpha value is -1.35. The molecule has 0 aromatic heterocycles. The molecule has 0 spiro atoms. The molecule has 0 saturated carbocycles. The summed E-state index contributed by atoms with van der Waals surface area (Å²) < 4.78 is 41.6. The second-order valence-corrected chi connectivity index (χ2v) is 3.19. The minimum atomic E-state index is -5.08. The van der Waals surface area contributed by atoms with E-state index in [1.54, 1.807) is 0 Å². The molecular weight excluding hydrogens is 271 g/mol. The molecule has 0 radical (unpaired) electrons. The molecular formula is C10H18F3NO5. The molecule has 0 atom stereocenters. The van der Waals surface area contributed by atoms with Crippen molar-refractivity contribution in [3.63, 3.8) is 0 Å². The lowest BCUT2D eigenvalue weighted by atomic mass is 10.4. The molecule has 0 heterocycles. The van der Waals surface area contributed by atoms with Crippen LogP contribution in [0.3, 0.4) is 0 Å². The Morgan fingerprint density at radius 1 is 1.21 bits per heavy atom. The van der Waals surface area contributed by atoms with E-state index >= 15 is 0 Å². The lowest BCUT2D eigenvalue weighted by Crippen LogP contribution is -2.21. The van der Waals surface area contributed by atoms with Gasteiger partial charge in [-0.25, -0.2) is 4.79 Å². The molecule has 0 aliphatic carbocycles. The fraction of sp³-hybridized carbons (Fsp3) is 0.800. The van der Waals surface area contributed by atoms with Gasteiger partial charge in [-0.05, 0) is 6.42 Å². The molecule has 0 bridgehead atoms. The van der Waals surface area contributed by atoms with Crippen LogP contribution in [0.15, 0.2) is 0 Å². The highest BCUT2D eigenvalue weighted by Gasteiger charge is 2.38. The topological polar surface area (TPSA) is 98.9 Å². The highest BCUT2D eigenvalue weighted by molar-refractivity contribution is 5.73. The zero-order valence-corrected chi connectivity index (χ0v) is 10.5. The summed E-state index contributed by atoms with van der Waals surface area (Å²) in [4.78, 5) is 19.4. The van der Waals surface area contributed by atoms with Gasteiger partial charge in [-0.15, -0.1) is 0 Å². The SMILES string of the molecule is CCCCOCCOC(=O)CN.O=C(O)C(F)(F)F. The Kier molecular flexibility index (Phi) is 12.3. The fourth-order valence-electron chi connectivity index (χ4n) is 0.622. The second kappa shape index (κ2) is 11.7. The van der Waals surface area contributed by atoms with Crippen LogP contribution in [-0.4, -0.2) is 49.6 Å². The lowest BCUT2D eigenvalue weighted by molar-refractivity contribution is -0.192. The molecule has 114 valence electrons. The predicted molar refractivity (Wildman–Crippen MR) is 59.4 cm³/mol. The van der Waals surface area contributed by atoms with E-state index in [9.17, 15) is 18.0 Å². The van der Waals surface area contributed by atoms with E-state index in [2.05, 4.69) is 11.7 Å². The number of unbranched alkanes of at least 4 members (excludes halogenated alkanes) is 1. The van der Waals surface area contributed by atoms with Crippen LogP contribution < -0.4 is 5.73 Å². The maximum Gasteiger partial charge on any atom is 0.490 e. The molecule has 0 aliphatic rings. The van der Waals surface area contributed by atoms with E-state index in [0.29, 0.717) is 13.2 Å². The van der Waals surface area contributed by atoms with E-state index in [-0.39, 0.29) is 12.5 Å². The highest BCUT2D eigenvalue weighted by Crippen LogP contribution is 2.13. The number of alkyl halides is 3. The zero-order valence-electron chi connectivity index (χ0n) is 10.5. The Morgan fingerprint density at radius 2 is 1.74 bits per heavy atom. The Bertz CT molecular complexity index is 258. The third-order valence-electron chi connectivity index (χ3n) is 1.54. The number of nitrogens with two attached hydrogens (primary N) is 1. The first-order valence-corrected chi connectivity index (χ1v) is 5.49. The standard InChI is InChI=1S/C8H17NO3.C2HF3O2/c1-2-3-4-11-5-6-12-8(10)7-9;3-2(4,5)1(6)7/h2-7,9H2,1H3;(H,6,7). The first-order chi connectivity index (χ1) is 8.75. The number of halogens is 3. The van der Waals surface area contributed by atoms with Crippen molar-refractivity contribution in [2.75, 3.05) is 26.4 Å². The molecule has 0 amide bonds. The summed E-state index contributed by atoms with van der Waals surface area (Å²) in [6, 6.07) is 0. The minimum Gasteiger partial charge on any atom is -0.475 e. The summed E-state index contributed by atoms with van der Waals surface area (Å²) >= 11 is 0. The van der Waals surface area contributed by atoms with E-state index in [4.69, 9.17) is 20.4 Å². The number of carboxylic acid groups (broad SMARTS) is 1. The maximum absolute atomic E-state index is 10.6. The quantitative estimate of drug-likeness (QED) is 0.534. The van der Waals surface area contributed by atoms with Gasteiger partial charge in [0.15, 0.2) is 0 Å². The molecule has 0 unspecified atom stereocenters. The largest absolute Gasteiger partial charge is 0.490 e. The summed E-state index contributed by atoms with van der Waals surface area (Å²) in [6.07, 6.45) is -2.92. The van der Waals surface area contributed by atoms with Gasteiger partial charge in [0.05, 0.1) is 13.2 Å². The fourth-order valence-corrected chi connectivity index (χ4v) is 0.622. The Balaban J connectivity index is 0. The maximum atomic E-state index is 10.6. The number of rotatable bonds is 7. The van der Waals surface area contributed by atoms with Crippen molar-refractivity contribution >= 4 is 11.9 Å². The normalized spacial score (nSPS) is 10.4. The van der Waals surface area contributed by atoms with E-state index in [0.717, 1.165) is 19.4 Å². The van der Waals surface area contributed by atoms with Crippen LogP contribution in [0.5, 0.6) is 0 Å². The summed E-state index contributed by atoms with van der Waals surface area (Å²) in [7, 11) is 0. The van der Waals surface area contributed by atoms with Crippen molar-refractivity contribution < 1.29 is 37.3 Å². The van der Waals surface area contributed by atoms with Crippen LogP contribution >= 0.6 is 0 Å². The van der Waals surface area contributed by atoms with Gasteiger partial charge in [0.1, 0.15) is 6.61 Å². The number of ether oxygens (including phenoxy) is 2. The van der Waals surface area contributed by atoms with E-state index < -0.39 is 12.1 Å². The van der Waals surface area contributed by atoms with Crippen molar-refractivity contribution in [1.82, 2.24) is 0 Å². The van der Waals surface area contributed by atoms with Gasteiger partial charge in [-0.2, -0.15) is 13.2 Å². The van der Waals surface area contributed by atoms with Gasteiger partial charge in [-0.3, -0.25) is 4.79 Å². The van der Waals surface area contributed by atoms with Crippen molar-refractivity contribution in [2.45, 2.75) is 25.9 Å². The van der Waals surface area contributed by atoms with Crippen LogP contribution in [-0.2, 0) is 19.1 Å². The van der Waals surface area contributed by atoms with Crippen LogP contribution in [0.4, 0.5) is 13.2 Å². The number of carboxylic acids is 1. The van der Waals surface area contributed by atoms with Crippen molar-refractivity contribution in [1.29, 1.82) is 0 Å². The molecule has 19 heavy (non-hydrogen) atoms. The third-order valence-corrected chi connectivity index (χ3v) is 1.54.